The SMILES string of the molecule is Cc1cc(-c2ccc3c(c2)CCCO3)nc(C(C)N)n1. The molecule has 0 amide bonds. The van der Waals surface area contributed by atoms with Crippen molar-refractivity contribution in [2.24, 2.45) is 5.73 Å². The zero-order valence-electron chi connectivity index (χ0n) is 11.9. The Hall–Kier alpha value is -1.94. The summed E-state index contributed by atoms with van der Waals surface area (Å²) in [7, 11) is 0. The van der Waals surface area contributed by atoms with Crippen LogP contribution in [0.3, 0.4) is 0 Å². The number of rotatable bonds is 2. The third kappa shape index (κ3) is 2.51. The second kappa shape index (κ2) is 5.21. The van der Waals surface area contributed by atoms with Gasteiger partial charge in [-0.15, -0.1) is 0 Å². The van der Waals surface area contributed by atoms with E-state index in [1.165, 1.54) is 5.56 Å². The summed E-state index contributed by atoms with van der Waals surface area (Å²) in [6, 6.07) is 8.09. The Morgan fingerprint density at radius 3 is 2.90 bits per heavy atom. The van der Waals surface area contributed by atoms with Crippen molar-refractivity contribution < 1.29 is 4.74 Å². The highest BCUT2D eigenvalue weighted by molar-refractivity contribution is 5.62. The van der Waals surface area contributed by atoms with Crippen LogP contribution in [0.15, 0.2) is 24.3 Å². The molecule has 1 aliphatic heterocycles. The van der Waals surface area contributed by atoms with Crippen LogP contribution in [0, 0.1) is 6.92 Å². The molecular weight excluding hydrogens is 250 g/mol. The lowest BCUT2D eigenvalue weighted by Gasteiger charge is -2.18. The number of aromatic nitrogens is 2. The first-order chi connectivity index (χ1) is 9.63. The third-order valence-electron chi connectivity index (χ3n) is 3.48. The van der Waals surface area contributed by atoms with Crippen LogP contribution >= 0.6 is 0 Å². The molecule has 0 fully saturated rings. The maximum atomic E-state index is 5.90. The highest BCUT2D eigenvalue weighted by Gasteiger charge is 2.13. The van der Waals surface area contributed by atoms with Gasteiger partial charge in [0.15, 0.2) is 0 Å². The third-order valence-corrected chi connectivity index (χ3v) is 3.48. The lowest BCUT2D eigenvalue weighted by Crippen LogP contribution is -2.11. The van der Waals surface area contributed by atoms with Crippen LogP contribution in [0.4, 0.5) is 0 Å². The summed E-state index contributed by atoms with van der Waals surface area (Å²) >= 11 is 0. The van der Waals surface area contributed by atoms with Crippen LogP contribution in [0.1, 0.15) is 36.5 Å². The second-order valence-corrected chi connectivity index (χ2v) is 5.32. The summed E-state index contributed by atoms with van der Waals surface area (Å²) < 4.78 is 5.65. The van der Waals surface area contributed by atoms with Gasteiger partial charge in [0, 0.05) is 11.3 Å². The molecule has 1 unspecified atom stereocenters. The second-order valence-electron chi connectivity index (χ2n) is 5.32. The molecule has 20 heavy (non-hydrogen) atoms. The first-order valence-corrected chi connectivity index (χ1v) is 7.01. The summed E-state index contributed by atoms with van der Waals surface area (Å²) in [5.74, 6) is 1.69. The molecule has 4 nitrogen and oxygen atoms in total. The predicted octanol–water partition coefficient (Wildman–Crippen LogP) is 2.80. The number of benzene rings is 1. The van der Waals surface area contributed by atoms with Crippen LogP contribution in [0.2, 0.25) is 0 Å². The maximum Gasteiger partial charge on any atom is 0.145 e. The van der Waals surface area contributed by atoms with Crippen molar-refractivity contribution in [3.8, 4) is 17.0 Å². The molecule has 0 saturated heterocycles. The minimum Gasteiger partial charge on any atom is -0.493 e. The summed E-state index contributed by atoms with van der Waals surface area (Å²) in [4.78, 5) is 8.96. The molecule has 0 bridgehead atoms. The molecule has 0 saturated carbocycles. The number of aryl methyl sites for hydroxylation is 2. The van der Waals surface area contributed by atoms with Crippen molar-refractivity contribution in [1.82, 2.24) is 9.97 Å². The van der Waals surface area contributed by atoms with Gasteiger partial charge < -0.3 is 10.5 Å². The van der Waals surface area contributed by atoms with E-state index in [0.29, 0.717) is 5.82 Å². The molecule has 0 spiro atoms. The number of nitrogens with zero attached hydrogens (tertiary/aromatic N) is 2. The lowest BCUT2D eigenvalue weighted by atomic mass is 10.0. The molecular formula is C16H19N3O. The van der Waals surface area contributed by atoms with Crippen molar-refractivity contribution in [3.05, 3.63) is 41.3 Å². The number of hydrogen-bond acceptors (Lipinski definition) is 4. The molecule has 1 aromatic carbocycles. The number of fused-ring (bicyclic) bond motifs is 1. The molecule has 2 heterocycles. The Morgan fingerprint density at radius 1 is 1.25 bits per heavy atom. The summed E-state index contributed by atoms with van der Waals surface area (Å²) in [5.41, 5.74) is 10.1. The zero-order valence-corrected chi connectivity index (χ0v) is 11.9. The molecule has 1 aliphatic rings. The van der Waals surface area contributed by atoms with Gasteiger partial charge in [-0.2, -0.15) is 0 Å². The highest BCUT2D eigenvalue weighted by Crippen LogP contribution is 2.29. The molecule has 2 N–H and O–H groups in total. The Kier molecular flexibility index (Phi) is 3.40. The molecule has 4 heteroatoms. The Balaban J connectivity index is 2.04. The molecule has 3 rings (SSSR count). The van der Waals surface area contributed by atoms with Gasteiger partial charge >= 0.3 is 0 Å². The maximum absolute atomic E-state index is 5.90. The molecule has 2 aromatic rings. The largest absolute Gasteiger partial charge is 0.493 e. The van der Waals surface area contributed by atoms with Crippen molar-refractivity contribution in [2.45, 2.75) is 32.7 Å². The van der Waals surface area contributed by atoms with Crippen molar-refractivity contribution in [2.75, 3.05) is 6.61 Å². The van der Waals surface area contributed by atoms with Gasteiger partial charge in [-0.25, -0.2) is 9.97 Å². The van der Waals surface area contributed by atoms with Crippen LogP contribution in [-0.4, -0.2) is 16.6 Å². The van der Waals surface area contributed by atoms with E-state index in [2.05, 4.69) is 22.1 Å². The van der Waals surface area contributed by atoms with E-state index in [-0.39, 0.29) is 6.04 Å². The monoisotopic (exact) mass is 269 g/mol. The Labute approximate surface area is 119 Å². The Morgan fingerprint density at radius 2 is 2.10 bits per heavy atom. The van der Waals surface area contributed by atoms with Crippen LogP contribution in [-0.2, 0) is 6.42 Å². The summed E-state index contributed by atoms with van der Waals surface area (Å²) in [5, 5.41) is 0. The standard InChI is InChI=1S/C16H19N3O/c1-10-8-14(19-16(18-10)11(2)17)12-5-6-15-13(9-12)4-3-7-20-15/h5-6,8-9,11H,3-4,7,17H2,1-2H3. The molecule has 104 valence electrons. The van der Waals surface area contributed by atoms with E-state index < -0.39 is 0 Å². The molecule has 1 atom stereocenters. The minimum atomic E-state index is -0.158. The topological polar surface area (TPSA) is 61.0 Å². The van der Waals surface area contributed by atoms with Gasteiger partial charge in [0.1, 0.15) is 11.6 Å². The smallest absolute Gasteiger partial charge is 0.145 e. The highest BCUT2D eigenvalue weighted by atomic mass is 16.5. The molecule has 0 radical (unpaired) electrons. The predicted molar refractivity (Wildman–Crippen MR) is 78.6 cm³/mol. The summed E-state index contributed by atoms with van der Waals surface area (Å²) in [6.45, 7) is 4.69. The van der Waals surface area contributed by atoms with Crippen molar-refractivity contribution in [1.29, 1.82) is 0 Å². The fourth-order valence-electron chi connectivity index (χ4n) is 2.46. The first-order valence-electron chi connectivity index (χ1n) is 7.01. The van der Waals surface area contributed by atoms with Gasteiger partial charge in [0.25, 0.3) is 0 Å². The van der Waals surface area contributed by atoms with E-state index in [4.69, 9.17) is 10.5 Å². The van der Waals surface area contributed by atoms with E-state index in [0.717, 1.165) is 42.1 Å². The normalized spacial score (nSPS) is 15.3. The van der Waals surface area contributed by atoms with E-state index in [9.17, 15) is 0 Å². The number of ether oxygens (including phenoxy) is 1. The van der Waals surface area contributed by atoms with Crippen molar-refractivity contribution >= 4 is 0 Å². The van der Waals surface area contributed by atoms with E-state index in [1.54, 1.807) is 0 Å². The van der Waals surface area contributed by atoms with Gasteiger partial charge in [-0.3, -0.25) is 0 Å². The van der Waals surface area contributed by atoms with Crippen LogP contribution < -0.4 is 10.5 Å². The quantitative estimate of drug-likeness (QED) is 0.910. The fraction of sp³-hybridized carbons (Fsp3) is 0.375. The first kappa shape index (κ1) is 13.1. The number of hydrogen-bond donors (Lipinski definition) is 1. The average molecular weight is 269 g/mol. The van der Waals surface area contributed by atoms with Gasteiger partial charge in [0.05, 0.1) is 18.3 Å². The Bertz CT molecular complexity index is 638. The average Bonchev–Trinajstić information content (AvgIpc) is 2.46. The summed E-state index contributed by atoms with van der Waals surface area (Å²) in [6.07, 6.45) is 2.14. The zero-order chi connectivity index (χ0) is 14.1. The van der Waals surface area contributed by atoms with E-state index in [1.807, 2.05) is 26.0 Å². The van der Waals surface area contributed by atoms with Crippen molar-refractivity contribution in [3.63, 3.8) is 0 Å². The molecule has 0 aliphatic carbocycles. The van der Waals surface area contributed by atoms with E-state index >= 15 is 0 Å². The number of nitrogens with two attached hydrogens (primary N) is 1. The lowest BCUT2D eigenvalue weighted by molar-refractivity contribution is 0.288. The fourth-order valence-corrected chi connectivity index (χ4v) is 2.46. The van der Waals surface area contributed by atoms with Crippen LogP contribution in [0.5, 0.6) is 5.75 Å². The van der Waals surface area contributed by atoms with Gasteiger partial charge in [-0.05, 0) is 56.5 Å². The van der Waals surface area contributed by atoms with Gasteiger partial charge in [0.2, 0.25) is 0 Å². The molecule has 1 aromatic heterocycles. The minimum absolute atomic E-state index is 0.158. The van der Waals surface area contributed by atoms with Crippen LogP contribution in [0.25, 0.3) is 11.3 Å². The van der Waals surface area contributed by atoms with Gasteiger partial charge in [-0.1, -0.05) is 0 Å².